The van der Waals surface area contributed by atoms with Crippen LogP contribution in [0, 0.1) is 5.41 Å². The quantitative estimate of drug-likeness (QED) is 0.528. The second kappa shape index (κ2) is 6.69. The molecule has 6 nitrogen and oxygen atoms in total. The predicted molar refractivity (Wildman–Crippen MR) is 76.1 cm³/mol. The van der Waals surface area contributed by atoms with E-state index >= 15 is 0 Å². The van der Waals surface area contributed by atoms with E-state index in [1.165, 1.54) is 0 Å². The monoisotopic (exact) mass is 279 g/mol. The Morgan fingerprint density at radius 1 is 1.60 bits per heavy atom. The maximum absolute atomic E-state index is 9.37. The van der Waals surface area contributed by atoms with Crippen LogP contribution in [0.15, 0.2) is 18.2 Å². The van der Waals surface area contributed by atoms with E-state index in [4.69, 9.17) is 20.6 Å². The molecule has 2 rings (SSSR count). The number of nitrogen functional groups attached to an aromatic ring is 1. The third kappa shape index (κ3) is 3.27. The third-order valence-electron chi connectivity index (χ3n) is 3.50. The lowest BCUT2D eigenvalue weighted by Gasteiger charge is -2.34. The van der Waals surface area contributed by atoms with Crippen molar-refractivity contribution >= 4 is 5.84 Å². The average molecular weight is 279 g/mol. The van der Waals surface area contributed by atoms with Gasteiger partial charge >= 0.3 is 0 Å². The van der Waals surface area contributed by atoms with Crippen molar-refractivity contribution in [3.05, 3.63) is 29.3 Å². The number of methoxy groups -OCH3 is 1. The van der Waals surface area contributed by atoms with Gasteiger partial charge in [0.1, 0.15) is 11.6 Å². The van der Waals surface area contributed by atoms with Crippen molar-refractivity contribution < 1.29 is 14.6 Å². The molecule has 1 heterocycles. The first kappa shape index (κ1) is 14.8. The summed E-state index contributed by atoms with van der Waals surface area (Å²) in [5.41, 5.74) is 7.21. The maximum atomic E-state index is 9.37. The van der Waals surface area contributed by atoms with Gasteiger partial charge in [0.15, 0.2) is 0 Å². The number of aliphatic hydroxyl groups is 1. The van der Waals surface area contributed by atoms with E-state index < -0.39 is 0 Å². The fourth-order valence-electron chi connectivity index (χ4n) is 2.36. The van der Waals surface area contributed by atoms with Crippen LogP contribution in [0.3, 0.4) is 0 Å². The Hall–Kier alpha value is -1.63. The van der Waals surface area contributed by atoms with Crippen molar-refractivity contribution in [1.82, 2.24) is 4.90 Å². The molecule has 1 aliphatic heterocycles. The molecule has 1 saturated heterocycles. The average Bonchev–Trinajstić information content (AvgIpc) is 2.47. The van der Waals surface area contributed by atoms with E-state index in [9.17, 15) is 5.11 Å². The lowest BCUT2D eigenvalue weighted by Crippen LogP contribution is -2.46. The standard InChI is InChI=1S/C14H21N3O3/c1-19-13-3-2-10(6-12(13)14(15)16)7-17-4-5-20-9-11(17)8-18/h2-3,6,11,18H,4-5,7-9H2,1H3,(H3,15,16). The van der Waals surface area contributed by atoms with E-state index in [1.54, 1.807) is 7.11 Å². The number of nitrogens with two attached hydrogens (primary N) is 1. The summed E-state index contributed by atoms with van der Waals surface area (Å²) in [6.45, 7) is 2.78. The Bertz CT molecular complexity index is 479. The van der Waals surface area contributed by atoms with Crippen LogP contribution in [-0.2, 0) is 11.3 Å². The molecule has 0 saturated carbocycles. The SMILES string of the molecule is COc1ccc(CN2CCOCC2CO)cc1C(=N)N. The van der Waals surface area contributed by atoms with Gasteiger partial charge in [-0.15, -0.1) is 0 Å². The lowest BCUT2D eigenvalue weighted by atomic mass is 10.1. The van der Waals surface area contributed by atoms with Gasteiger partial charge in [0.05, 0.1) is 38.5 Å². The fourth-order valence-corrected chi connectivity index (χ4v) is 2.36. The van der Waals surface area contributed by atoms with Gasteiger partial charge in [-0.25, -0.2) is 0 Å². The number of nitrogens with zero attached hydrogens (tertiary/aromatic N) is 1. The molecule has 0 aromatic heterocycles. The van der Waals surface area contributed by atoms with Crippen molar-refractivity contribution in [3.63, 3.8) is 0 Å². The van der Waals surface area contributed by atoms with Crippen molar-refractivity contribution in [1.29, 1.82) is 5.41 Å². The van der Waals surface area contributed by atoms with Crippen LogP contribution in [0.25, 0.3) is 0 Å². The number of ether oxygens (including phenoxy) is 2. The lowest BCUT2D eigenvalue weighted by molar-refractivity contribution is -0.0312. The molecule has 6 heteroatoms. The molecule has 1 atom stereocenters. The first-order chi connectivity index (χ1) is 9.65. The predicted octanol–water partition coefficient (Wildman–Crippen LogP) is 0.172. The normalized spacial score (nSPS) is 19.8. The fraction of sp³-hybridized carbons (Fsp3) is 0.500. The van der Waals surface area contributed by atoms with Gasteiger partial charge in [0.25, 0.3) is 0 Å². The van der Waals surface area contributed by atoms with Crippen molar-refractivity contribution in [3.8, 4) is 5.75 Å². The van der Waals surface area contributed by atoms with Crippen LogP contribution < -0.4 is 10.5 Å². The molecule has 0 radical (unpaired) electrons. The Labute approximate surface area is 118 Å². The summed E-state index contributed by atoms with van der Waals surface area (Å²) in [6, 6.07) is 5.66. The Morgan fingerprint density at radius 2 is 2.40 bits per heavy atom. The second-order valence-corrected chi connectivity index (χ2v) is 4.83. The number of aliphatic hydroxyl groups excluding tert-OH is 1. The number of morpholine rings is 1. The molecule has 1 aromatic carbocycles. The number of benzene rings is 1. The van der Waals surface area contributed by atoms with Crippen LogP contribution >= 0.6 is 0 Å². The zero-order chi connectivity index (χ0) is 14.5. The van der Waals surface area contributed by atoms with Crippen molar-refractivity contribution in [2.24, 2.45) is 5.73 Å². The Kier molecular flexibility index (Phi) is 4.94. The van der Waals surface area contributed by atoms with E-state index in [-0.39, 0.29) is 18.5 Å². The number of amidine groups is 1. The zero-order valence-corrected chi connectivity index (χ0v) is 11.6. The van der Waals surface area contributed by atoms with Crippen molar-refractivity contribution in [2.75, 3.05) is 33.5 Å². The first-order valence-electron chi connectivity index (χ1n) is 6.59. The van der Waals surface area contributed by atoms with E-state index in [0.29, 0.717) is 31.1 Å². The third-order valence-corrected chi connectivity index (χ3v) is 3.50. The number of rotatable bonds is 5. The molecule has 0 amide bonds. The summed E-state index contributed by atoms with van der Waals surface area (Å²) in [4.78, 5) is 2.18. The summed E-state index contributed by atoms with van der Waals surface area (Å²) in [6.07, 6.45) is 0. The van der Waals surface area contributed by atoms with E-state index in [1.807, 2.05) is 18.2 Å². The first-order valence-corrected chi connectivity index (χ1v) is 6.59. The highest BCUT2D eigenvalue weighted by Crippen LogP contribution is 2.21. The van der Waals surface area contributed by atoms with Crippen LogP contribution in [0.4, 0.5) is 0 Å². The van der Waals surface area contributed by atoms with Gasteiger partial charge in [-0.2, -0.15) is 0 Å². The minimum absolute atomic E-state index is 0.00983. The summed E-state index contributed by atoms with van der Waals surface area (Å²) in [7, 11) is 1.56. The smallest absolute Gasteiger partial charge is 0.129 e. The molecule has 1 unspecified atom stereocenters. The molecular weight excluding hydrogens is 258 g/mol. The highest BCUT2D eigenvalue weighted by atomic mass is 16.5. The van der Waals surface area contributed by atoms with Crippen molar-refractivity contribution in [2.45, 2.75) is 12.6 Å². The number of hydrogen-bond donors (Lipinski definition) is 3. The molecule has 0 bridgehead atoms. The Balaban J connectivity index is 2.16. The molecule has 110 valence electrons. The molecule has 1 aromatic rings. The zero-order valence-electron chi connectivity index (χ0n) is 11.6. The van der Waals surface area contributed by atoms with Gasteiger partial charge in [0, 0.05) is 13.1 Å². The molecule has 1 fully saturated rings. The van der Waals surface area contributed by atoms with Gasteiger partial charge < -0.3 is 20.3 Å². The highest BCUT2D eigenvalue weighted by molar-refractivity contribution is 5.97. The number of hydrogen-bond acceptors (Lipinski definition) is 5. The largest absolute Gasteiger partial charge is 0.496 e. The van der Waals surface area contributed by atoms with Crippen LogP contribution in [0.2, 0.25) is 0 Å². The van der Waals surface area contributed by atoms with Gasteiger partial charge in [-0.05, 0) is 17.7 Å². The van der Waals surface area contributed by atoms with Gasteiger partial charge in [-0.1, -0.05) is 6.07 Å². The summed E-state index contributed by atoms with van der Waals surface area (Å²) >= 11 is 0. The minimum atomic E-state index is -0.00983. The maximum Gasteiger partial charge on any atom is 0.129 e. The highest BCUT2D eigenvalue weighted by Gasteiger charge is 2.22. The van der Waals surface area contributed by atoms with Crippen LogP contribution in [0.5, 0.6) is 5.75 Å². The van der Waals surface area contributed by atoms with Crippen LogP contribution in [0.1, 0.15) is 11.1 Å². The number of nitrogens with one attached hydrogen (secondary N) is 1. The molecule has 20 heavy (non-hydrogen) atoms. The topological polar surface area (TPSA) is 91.8 Å². The Morgan fingerprint density at radius 3 is 3.05 bits per heavy atom. The summed E-state index contributed by atoms with van der Waals surface area (Å²) in [5.74, 6) is 0.589. The molecule has 1 aliphatic rings. The molecule has 0 aliphatic carbocycles. The molecular formula is C14H21N3O3. The van der Waals surface area contributed by atoms with E-state index in [0.717, 1.165) is 12.1 Å². The van der Waals surface area contributed by atoms with Gasteiger partial charge in [0.2, 0.25) is 0 Å². The second-order valence-electron chi connectivity index (χ2n) is 4.83. The molecule has 4 N–H and O–H groups in total. The van der Waals surface area contributed by atoms with Crippen LogP contribution in [-0.4, -0.2) is 55.4 Å². The summed E-state index contributed by atoms with van der Waals surface area (Å²) in [5, 5.41) is 17.0. The van der Waals surface area contributed by atoms with Gasteiger partial charge in [-0.3, -0.25) is 10.3 Å². The van der Waals surface area contributed by atoms with E-state index in [2.05, 4.69) is 4.90 Å². The molecule has 0 spiro atoms. The minimum Gasteiger partial charge on any atom is -0.496 e. The summed E-state index contributed by atoms with van der Waals surface area (Å²) < 4.78 is 10.6.